The molecule has 0 aliphatic rings. The van der Waals surface area contributed by atoms with E-state index < -0.39 is 12.6 Å². The minimum absolute atomic E-state index is 0.160. The van der Waals surface area contributed by atoms with Crippen LogP contribution in [0.2, 0.25) is 0 Å². The quantitative estimate of drug-likeness (QED) is 0.341. The Morgan fingerprint density at radius 2 is 2.07 bits per heavy atom. The summed E-state index contributed by atoms with van der Waals surface area (Å²) in [5.74, 6) is 0.896. The molecule has 0 aliphatic carbocycles. The average molecular weight is 404 g/mol. The molecule has 2 aromatic heterocycles. The van der Waals surface area contributed by atoms with E-state index in [1.165, 1.54) is 16.8 Å². The predicted molar refractivity (Wildman–Crippen MR) is 105 cm³/mol. The second-order valence-corrected chi connectivity index (χ2v) is 5.96. The molecule has 0 atom stereocenters. The molecule has 2 heterocycles. The molecule has 7 nitrogen and oxygen atoms in total. The molecule has 0 bridgehead atoms. The van der Waals surface area contributed by atoms with Crippen molar-refractivity contribution in [3.05, 3.63) is 60.3 Å². The van der Waals surface area contributed by atoms with Crippen molar-refractivity contribution >= 4 is 23.9 Å². The first-order valence-electron chi connectivity index (χ1n) is 8.58. The smallest absolute Gasteiger partial charge is 0.394 e. The highest BCUT2D eigenvalue weighted by Crippen LogP contribution is 2.27. The molecule has 0 spiro atoms. The molecule has 0 saturated heterocycles. The van der Waals surface area contributed by atoms with Crippen molar-refractivity contribution < 1.29 is 17.9 Å². The monoisotopic (exact) mass is 404 g/mol. The Hall–Kier alpha value is -3.56. The molecule has 3 aromatic rings. The molecule has 0 radical (unpaired) electrons. The van der Waals surface area contributed by atoms with Crippen molar-refractivity contribution in [2.24, 2.45) is 4.99 Å². The highest BCUT2D eigenvalue weighted by Gasteiger charge is 2.32. The van der Waals surface area contributed by atoms with Gasteiger partial charge in [-0.25, -0.2) is 9.97 Å². The maximum atomic E-state index is 13.0. The molecule has 0 saturated carbocycles. The molecule has 152 valence electrons. The van der Waals surface area contributed by atoms with Crippen LogP contribution in [0.15, 0.2) is 53.9 Å². The number of halogens is 3. The van der Waals surface area contributed by atoms with E-state index in [1.54, 1.807) is 19.4 Å². The van der Waals surface area contributed by atoms with E-state index in [9.17, 15) is 13.2 Å². The van der Waals surface area contributed by atoms with Crippen LogP contribution in [-0.4, -0.2) is 41.0 Å². The van der Waals surface area contributed by atoms with Crippen molar-refractivity contribution in [3.63, 3.8) is 0 Å². The third-order valence-electron chi connectivity index (χ3n) is 3.98. The second-order valence-electron chi connectivity index (χ2n) is 5.96. The van der Waals surface area contributed by atoms with Crippen molar-refractivity contribution in [3.8, 4) is 5.75 Å². The van der Waals surface area contributed by atoms with Gasteiger partial charge in [0, 0.05) is 24.3 Å². The van der Waals surface area contributed by atoms with Crippen LogP contribution in [0.1, 0.15) is 11.4 Å². The number of aromatic nitrogens is 3. The van der Waals surface area contributed by atoms with Crippen LogP contribution in [0.25, 0.3) is 11.5 Å². The number of benzene rings is 1. The van der Waals surface area contributed by atoms with E-state index >= 15 is 0 Å². The lowest BCUT2D eigenvalue weighted by Crippen LogP contribution is -2.17. The van der Waals surface area contributed by atoms with Gasteiger partial charge in [-0.3, -0.25) is 9.39 Å². The molecule has 29 heavy (non-hydrogen) atoms. The molecule has 0 amide bonds. The lowest BCUT2D eigenvalue weighted by atomic mass is 10.2. The Labute approximate surface area is 165 Å². The number of hydrogen-bond acceptors (Lipinski definition) is 6. The van der Waals surface area contributed by atoms with Gasteiger partial charge in [0.25, 0.3) is 0 Å². The van der Waals surface area contributed by atoms with Crippen molar-refractivity contribution in [1.29, 1.82) is 0 Å². The van der Waals surface area contributed by atoms with Gasteiger partial charge in [0.15, 0.2) is 0 Å². The Morgan fingerprint density at radius 3 is 2.72 bits per heavy atom. The largest absolute Gasteiger partial charge is 0.497 e. The van der Waals surface area contributed by atoms with E-state index in [0.29, 0.717) is 6.67 Å². The molecular weight excluding hydrogens is 385 g/mol. The molecule has 0 unspecified atom stereocenters. The SMILES string of the molecule is C=N/C(=C\NCNc1ccc(OC)cc1)c1c(CC(F)(F)F)nc2ncccn12. The van der Waals surface area contributed by atoms with Gasteiger partial charge in [-0.1, -0.05) is 0 Å². The summed E-state index contributed by atoms with van der Waals surface area (Å²) in [6.45, 7) is 3.80. The third-order valence-corrected chi connectivity index (χ3v) is 3.98. The number of hydrogen-bond donors (Lipinski definition) is 2. The molecule has 3 rings (SSSR count). The van der Waals surface area contributed by atoms with E-state index in [4.69, 9.17) is 4.74 Å². The topological polar surface area (TPSA) is 75.8 Å². The van der Waals surface area contributed by atoms with E-state index in [0.717, 1.165) is 11.4 Å². The highest BCUT2D eigenvalue weighted by atomic mass is 19.4. The first-order valence-corrected chi connectivity index (χ1v) is 8.58. The number of aliphatic imine (C=N–C) groups is 1. The number of imidazole rings is 1. The Kier molecular flexibility index (Phi) is 6.01. The molecule has 1 aromatic carbocycles. The zero-order valence-corrected chi connectivity index (χ0v) is 15.6. The molecule has 2 N–H and O–H groups in total. The summed E-state index contributed by atoms with van der Waals surface area (Å²) in [4.78, 5) is 11.9. The number of ether oxygens (including phenoxy) is 1. The van der Waals surface area contributed by atoms with Crippen LogP contribution in [0, 0.1) is 0 Å². The summed E-state index contributed by atoms with van der Waals surface area (Å²) in [5, 5.41) is 6.10. The number of anilines is 1. The molecule has 10 heteroatoms. The number of fused-ring (bicyclic) bond motifs is 1. The van der Waals surface area contributed by atoms with E-state index in [-0.39, 0.29) is 22.9 Å². The zero-order chi connectivity index (χ0) is 20.9. The third kappa shape index (κ3) is 5.03. The fraction of sp³-hybridized carbons (Fsp3) is 0.211. The standard InChI is InChI=1S/C19H19F3N6O/c1-23-16(11-24-12-26-13-4-6-14(29-2)7-5-13)17-15(10-19(20,21)22)27-18-25-8-3-9-28(17)18/h3-9,11,24,26H,1,10,12H2,2H3/b16-11-. The van der Waals surface area contributed by atoms with Gasteiger partial charge in [-0.15, -0.1) is 0 Å². The zero-order valence-electron chi connectivity index (χ0n) is 15.6. The summed E-state index contributed by atoms with van der Waals surface area (Å²) in [6, 6.07) is 8.91. The predicted octanol–water partition coefficient (Wildman–Crippen LogP) is 3.50. The van der Waals surface area contributed by atoms with Crippen LogP contribution < -0.4 is 15.4 Å². The van der Waals surface area contributed by atoms with Gasteiger partial charge in [-0.2, -0.15) is 13.2 Å². The molecule has 0 aliphatic heterocycles. The fourth-order valence-corrected chi connectivity index (χ4v) is 2.72. The Morgan fingerprint density at radius 1 is 1.31 bits per heavy atom. The van der Waals surface area contributed by atoms with Crippen LogP contribution in [0.3, 0.4) is 0 Å². The van der Waals surface area contributed by atoms with Gasteiger partial charge in [0.1, 0.15) is 11.4 Å². The van der Waals surface area contributed by atoms with Crippen molar-refractivity contribution in [2.75, 3.05) is 19.1 Å². The summed E-state index contributed by atoms with van der Waals surface area (Å²) in [6.07, 6.45) is -1.07. The van der Waals surface area contributed by atoms with Crippen LogP contribution in [0.5, 0.6) is 5.75 Å². The normalized spacial score (nSPS) is 12.1. The first kappa shape index (κ1) is 20.2. The first-order chi connectivity index (χ1) is 13.9. The fourth-order valence-electron chi connectivity index (χ4n) is 2.72. The van der Waals surface area contributed by atoms with Crippen LogP contribution in [-0.2, 0) is 6.42 Å². The summed E-state index contributed by atoms with van der Waals surface area (Å²) < 4.78 is 45.5. The average Bonchev–Trinajstić information content (AvgIpc) is 3.04. The van der Waals surface area contributed by atoms with Crippen LogP contribution in [0.4, 0.5) is 18.9 Å². The number of alkyl halides is 3. The Balaban J connectivity index is 1.80. The van der Waals surface area contributed by atoms with E-state index in [1.807, 2.05) is 24.3 Å². The maximum absolute atomic E-state index is 13.0. The lowest BCUT2D eigenvalue weighted by Gasteiger charge is -2.10. The highest BCUT2D eigenvalue weighted by molar-refractivity contribution is 5.69. The number of nitrogens with one attached hydrogen (secondary N) is 2. The second kappa shape index (κ2) is 8.63. The van der Waals surface area contributed by atoms with Gasteiger partial charge in [-0.05, 0) is 37.0 Å². The van der Waals surface area contributed by atoms with Gasteiger partial charge >= 0.3 is 6.18 Å². The number of rotatable bonds is 8. The van der Waals surface area contributed by atoms with Gasteiger partial charge in [0.2, 0.25) is 5.78 Å². The van der Waals surface area contributed by atoms with Crippen molar-refractivity contribution in [1.82, 2.24) is 19.7 Å². The van der Waals surface area contributed by atoms with Gasteiger partial charge < -0.3 is 15.4 Å². The minimum Gasteiger partial charge on any atom is -0.497 e. The number of nitrogens with zero attached hydrogens (tertiary/aromatic N) is 4. The summed E-state index contributed by atoms with van der Waals surface area (Å²) >= 11 is 0. The maximum Gasteiger partial charge on any atom is 0.394 e. The molecule has 0 fully saturated rings. The summed E-state index contributed by atoms with van der Waals surface area (Å²) in [7, 11) is 1.58. The van der Waals surface area contributed by atoms with Crippen molar-refractivity contribution in [2.45, 2.75) is 12.6 Å². The van der Waals surface area contributed by atoms with E-state index in [2.05, 4.69) is 32.3 Å². The van der Waals surface area contributed by atoms with Crippen LogP contribution >= 0.6 is 0 Å². The molecular formula is C19H19F3N6O. The summed E-state index contributed by atoms with van der Waals surface area (Å²) in [5.41, 5.74) is 1.09. The minimum atomic E-state index is -4.41. The lowest BCUT2D eigenvalue weighted by molar-refractivity contribution is -0.127. The Bertz CT molecular complexity index is 1010. The van der Waals surface area contributed by atoms with Gasteiger partial charge in [0.05, 0.1) is 31.6 Å². The number of methoxy groups -OCH3 is 1.